The highest BCUT2D eigenvalue weighted by molar-refractivity contribution is 5.79. The lowest BCUT2D eigenvalue weighted by Gasteiger charge is -2.28. The number of benzene rings is 2. The number of aromatic amines is 1. The standard InChI is InChI=1S/C25H29FN4O/c26-21-12-10-19(11-13-21)23-16-28-24(29-23)22(14-17-4-2-1-3-5-17)30-25(31)20-8-6-18(15-27)7-9-20/h1-5,10-13,16,18,20,22H,6-9,14-15,27H2,(H,28,29)(H,30,31)/t18-,20-,22-/m0/s1. The number of nitrogens with one attached hydrogen (secondary N) is 2. The van der Waals surface area contributed by atoms with Crippen molar-refractivity contribution in [3.05, 3.63) is 78.0 Å². The molecule has 3 aromatic rings. The van der Waals surface area contributed by atoms with Gasteiger partial charge in [-0.2, -0.15) is 0 Å². The van der Waals surface area contributed by atoms with Gasteiger partial charge in [-0.05, 0) is 74.4 Å². The Hall–Kier alpha value is -2.99. The number of halogens is 1. The minimum atomic E-state index is -0.280. The van der Waals surface area contributed by atoms with Gasteiger partial charge in [-0.25, -0.2) is 9.37 Å². The Morgan fingerprint density at radius 1 is 1.10 bits per heavy atom. The molecule has 162 valence electrons. The van der Waals surface area contributed by atoms with Crippen molar-refractivity contribution < 1.29 is 9.18 Å². The second-order valence-electron chi connectivity index (χ2n) is 8.38. The van der Waals surface area contributed by atoms with Crippen molar-refractivity contribution in [2.75, 3.05) is 6.54 Å². The van der Waals surface area contributed by atoms with Crippen molar-refractivity contribution in [2.24, 2.45) is 17.6 Å². The number of nitrogens with two attached hydrogens (primary N) is 1. The third-order valence-corrected chi connectivity index (χ3v) is 6.22. The SMILES string of the molecule is NC[C@H]1CC[C@H](C(=O)N[C@@H](Cc2ccccc2)c2nc(-c3ccc(F)cc3)c[nH]2)CC1. The van der Waals surface area contributed by atoms with Crippen LogP contribution in [0.1, 0.15) is 43.1 Å². The van der Waals surface area contributed by atoms with Crippen molar-refractivity contribution in [3.63, 3.8) is 0 Å². The lowest BCUT2D eigenvalue weighted by molar-refractivity contribution is -0.127. The number of hydrogen-bond donors (Lipinski definition) is 3. The summed E-state index contributed by atoms with van der Waals surface area (Å²) in [4.78, 5) is 21.0. The summed E-state index contributed by atoms with van der Waals surface area (Å²) in [6, 6.07) is 16.1. The number of imidazole rings is 1. The molecule has 0 saturated heterocycles. The van der Waals surface area contributed by atoms with E-state index in [2.05, 4.69) is 22.4 Å². The van der Waals surface area contributed by atoms with Crippen molar-refractivity contribution >= 4 is 5.91 Å². The van der Waals surface area contributed by atoms with Gasteiger partial charge in [0.05, 0.1) is 11.7 Å². The molecule has 1 aliphatic carbocycles. The van der Waals surface area contributed by atoms with Gasteiger partial charge in [0, 0.05) is 17.7 Å². The topological polar surface area (TPSA) is 83.8 Å². The van der Waals surface area contributed by atoms with E-state index in [1.807, 2.05) is 18.2 Å². The minimum Gasteiger partial charge on any atom is -0.346 e. The molecule has 0 bridgehead atoms. The lowest BCUT2D eigenvalue weighted by atomic mass is 9.81. The van der Waals surface area contributed by atoms with Gasteiger partial charge in [-0.1, -0.05) is 30.3 Å². The van der Waals surface area contributed by atoms with E-state index in [9.17, 15) is 9.18 Å². The number of nitrogens with zero attached hydrogens (tertiary/aromatic N) is 1. The van der Waals surface area contributed by atoms with Crippen LogP contribution in [-0.4, -0.2) is 22.4 Å². The highest BCUT2D eigenvalue weighted by Crippen LogP contribution is 2.29. The van der Waals surface area contributed by atoms with Crippen LogP contribution in [0.4, 0.5) is 4.39 Å². The average molecular weight is 421 g/mol. The molecule has 4 rings (SSSR count). The number of H-pyrrole nitrogens is 1. The summed E-state index contributed by atoms with van der Waals surface area (Å²) in [5, 5.41) is 3.23. The van der Waals surface area contributed by atoms with Crippen LogP contribution in [0.25, 0.3) is 11.3 Å². The maximum atomic E-state index is 13.3. The molecular formula is C25H29FN4O. The summed E-state index contributed by atoms with van der Waals surface area (Å²) >= 11 is 0. The Bertz CT molecular complexity index is 978. The summed E-state index contributed by atoms with van der Waals surface area (Å²) in [5.74, 6) is 1.06. The van der Waals surface area contributed by atoms with Crippen LogP contribution in [0.5, 0.6) is 0 Å². The van der Waals surface area contributed by atoms with E-state index in [0.29, 0.717) is 24.7 Å². The molecule has 6 heteroatoms. The summed E-state index contributed by atoms with van der Waals surface area (Å²) in [5.41, 5.74) is 8.47. The number of hydrogen-bond acceptors (Lipinski definition) is 3. The highest BCUT2D eigenvalue weighted by atomic mass is 19.1. The van der Waals surface area contributed by atoms with Crippen molar-refractivity contribution in [2.45, 2.75) is 38.1 Å². The Morgan fingerprint density at radius 2 is 1.81 bits per heavy atom. The third-order valence-electron chi connectivity index (χ3n) is 6.22. The first-order chi connectivity index (χ1) is 15.1. The van der Waals surface area contributed by atoms with Gasteiger partial charge in [-0.3, -0.25) is 4.79 Å². The average Bonchev–Trinajstić information content (AvgIpc) is 3.30. The van der Waals surface area contributed by atoms with E-state index in [1.165, 1.54) is 12.1 Å². The van der Waals surface area contributed by atoms with Crippen LogP contribution in [0.15, 0.2) is 60.8 Å². The molecule has 0 aliphatic heterocycles. The Morgan fingerprint density at radius 3 is 2.48 bits per heavy atom. The molecular weight excluding hydrogens is 391 g/mol. The summed E-state index contributed by atoms with van der Waals surface area (Å²) < 4.78 is 13.3. The fraction of sp³-hybridized carbons (Fsp3) is 0.360. The quantitative estimate of drug-likeness (QED) is 0.530. The third kappa shape index (κ3) is 5.39. The molecule has 1 aliphatic rings. The van der Waals surface area contributed by atoms with Gasteiger partial charge in [0.15, 0.2) is 0 Å². The Labute approximate surface area is 182 Å². The normalized spacial score (nSPS) is 19.7. The number of amides is 1. The highest BCUT2D eigenvalue weighted by Gasteiger charge is 2.28. The van der Waals surface area contributed by atoms with Crippen LogP contribution in [0, 0.1) is 17.7 Å². The van der Waals surface area contributed by atoms with E-state index in [-0.39, 0.29) is 23.7 Å². The second kappa shape index (κ2) is 9.88. The van der Waals surface area contributed by atoms with Gasteiger partial charge < -0.3 is 16.0 Å². The second-order valence-corrected chi connectivity index (χ2v) is 8.38. The van der Waals surface area contributed by atoms with Gasteiger partial charge >= 0.3 is 0 Å². The number of carbonyl (C=O) groups is 1. The number of rotatable bonds is 7. The molecule has 5 nitrogen and oxygen atoms in total. The van der Waals surface area contributed by atoms with Gasteiger partial charge in [-0.15, -0.1) is 0 Å². The van der Waals surface area contributed by atoms with E-state index < -0.39 is 0 Å². The van der Waals surface area contributed by atoms with E-state index in [1.54, 1.807) is 18.3 Å². The van der Waals surface area contributed by atoms with Crippen LogP contribution in [-0.2, 0) is 11.2 Å². The molecule has 2 aromatic carbocycles. The van der Waals surface area contributed by atoms with E-state index >= 15 is 0 Å². The minimum absolute atomic E-state index is 0.0209. The largest absolute Gasteiger partial charge is 0.346 e. The molecule has 1 atom stereocenters. The van der Waals surface area contributed by atoms with E-state index in [0.717, 1.165) is 42.5 Å². The van der Waals surface area contributed by atoms with E-state index in [4.69, 9.17) is 10.7 Å². The molecule has 0 radical (unpaired) electrons. The summed E-state index contributed by atoms with van der Waals surface area (Å²) in [6.45, 7) is 0.698. The molecule has 1 amide bonds. The Kier molecular flexibility index (Phi) is 6.77. The van der Waals surface area contributed by atoms with Crippen molar-refractivity contribution in [3.8, 4) is 11.3 Å². The van der Waals surface area contributed by atoms with Crippen LogP contribution in [0.2, 0.25) is 0 Å². The van der Waals surface area contributed by atoms with Gasteiger partial charge in [0.25, 0.3) is 0 Å². The van der Waals surface area contributed by atoms with Crippen molar-refractivity contribution in [1.29, 1.82) is 0 Å². The smallest absolute Gasteiger partial charge is 0.223 e. The molecule has 31 heavy (non-hydrogen) atoms. The molecule has 1 saturated carbocycles. The van der Waals surface area contributed by atoms with Gasteiger partial charge in [0.2, 0.25) is 5.91 Å². The van der Waals surface area contributed by atoms with Crippen LogP contribution < -0.4 is 11.1 Å². The Balaban J connectivity index is 1.52. The zero-order valence-electron chi connectivity index (χ0n) is 17.6. The fourth-order valence-corrected chi connectivity index (χ4v) is 4.30. The first kappa shape index (κ1) is 21.2. The summed E-state index contributed by atoms with van der Waals surface area (Å²) in [7, 11) is 0. The fourth-order valence-electron chi connectivity index (χ4n) is 4.30. The first-order valence-electron chi connectivity index (χ1n) is 11.0. The molecule has 4 N–H and O–H groups in total. The zero-order valence-corrected chi connectivity index (χ0v) is 17.6. The predicted molar refractivity (Wildman–Crippen MR) is 120 cm³/mol. The number of carbonyl (C=O) groups excluding carboxylic acids is 1. The molecule has 0 unspecified atom stereocenters. The predicted octanol–water partition coefficient (Wildman–Crippen LogP) is 4.38. The van der Waals surface area contributed by atoms with Crippen LogP contribution >= 0.6 is 0 Å². The van der Waals surface area contributed by atoms with Gasteiger partial charge in [0.1, 0.15) is 11.6 Å². The van der Waals surface area contributed by atoms with Crippen molar-refractivity contribution in [1.82, 2.24) is 15.3 Å². The maximum Gasteiger partial charge on any atom is 0.223 e. The zero-order chi connectivity index (χ0) is 21.6. The maximum absolute atomic E-state index is 13.3. The first-order valence-corrected chi connectivity index (χ1v) is 11.0. The monoisotopic (exact) mass is 420 g/mol. The number of aromatic nitrogens is 2. The lowest BCUT2D eigenvalue weighted by Crippen LogP contribution is -2.37. The molecule has 0 spiro atoms. The molecule has 1 aromatic heterocycles. The molecule has 1 heterocycles. The molecule has 1 fully saturated rings. The summed E-state index contributed by atoms with van der Waals surface area (Å²) in [6.07, 6.45) is 6.22. The van der Waals surface area contributed by atoms with Crippen LogP contribution in [0.3, 0.4) is 0 Å².